The van der Waals surface area contributed by atoms with E-state index in [2.05, 4.69) is 10.1 Å². The van der Waals surface area contributed by atoms with E-state index in [1.165, 1.54) is 12.1 Å². The third-order valence-electron chi connectivity index (χ3n) is 3.73. The SMILES string of the molecule is CCC(O)CN(CC(=O)Nc1ccc(OC(F)(F)F)cc1)c1ccccc1. The molecule has 0 radical (unpaired) electrons. The quantitative estimate of drug-likeness (QED) is 0.729. The summed E-state index contributed by atoms with van der Waals surface area (Å²) < 4.78 is 40.3. The van der Waals surface area contributed by atoms with Gasteiger partial charge in [0.2, 0.25) is 5.91 Å². The van der Waals surface area contributed by atoms with Gasteiger partial charge in [-0.05, 0) is 42.8 Å². The number of nitrogens with one attached hydrogen (secondary N) is 1. The smallest absolute Gasteiger partial charge is 0.406 e. The van der Waals surface area contributed by atoms with E-state index in [4.69, 9.17) is 0 Å². The Balaban J connectivity index is 2.00. The maximum atomic E-state index is 12.3. The second kappa shape index (κ2) is 9.27. The molecule has 0 aliphatic rings. The summed E-state index contributed by atoms with van der Waals surface area (Å²) in [4.78, 5) is 14.1. The lowest BCUT2D eigenvalue weighted by molar-refractivity contribution is -0.274. The molecule has 8 heteroatoms. The zero-order chi connectivity index (χ0) is 19.9. The standard InChI is InChI=1S/C19H21F3N2O3/c1-2-16(25)12-24(15-6-4-3-5-7-15)13-18(26)23-14-8-10-17(11-9-14)27-19(20,21)22/h3-11,16,25H,2,12-13H2,1H3,(H,23,26). The summed E-state index contributed by atoms with van der Waals surface area (Å²) in [5.41, 5.74) is 1.13. The van der Waals surface area contributed by atoms with Crippen molar-refractivity contribution < 1.29 is 27.8 Å². The van der Waals surface area contributed by atoms with Crippen LogP contribution >= 0.6 is 0 Å². The molecule has 0 aromatic heterocycles. The molecule has 2 aromatic rings. The molecule has 146 valence electrons. The second-order valence-electron chi connectivity index (χ2n) is 5.90. The lowest BCUT2D eigenvalue weighted by Gasteiger charge is -2.26. The fourth-order valence-electron chi connectivity index (χ4n) is 2.40. The Morgan fingerprint density at radius 3 is 2.33 bits per heavy atom. The number of para-hydroxylation sites is 1. The van der Waals surface area contributed by atoms with Crippen LogP contribution in [0.3, 0.4) is 0 Å². The van der Waals surface area contributed by atoms with Crippen molar-refractivity contribution in [3.05, 3.63) is 54.6 Å². The van der Waals surface area contributed by atoms with Crippen molar-refractivity contribution in [2.45, 2.75) is 25.8 Å². The molecule has 1 amide bonds. The van der Waals surface area contributed by atoms with Crippen LogP contribution in [0, 0.1) is 0 Å². The van der Waals surface area contributed by atoms with E-state index in [1.807, 2.05) is 37.3 Å². The van der Waals surface area contributed by atoms with Gasteiger partial charge < -0.3 is 20.1 Å². The van der Waals surface area contributed by atoms with Gasteiger partial charge >= 0.3 is 6.36 Å². The number of hydrogen-bond acceptors (Lipinski definition) is 4. The van der Waals surface area contributed by atoms with E-state index in [0.29, 0.717) is 12.1 Å². The van der Waals surface area contributed by atoms with Crippen LogP contribution in [0.1, 0.15) is 13.3 Å². The Labute approximate surface area is 155 Å². The molecular weight excluding hydrogens is 361 g/mol. The number of aliphatic hydroxyl groups excluding tert-OH is 1. The van der Waals surface area contributed by atoms with Gasteiger partial charge in [0.1, 0.15) is 5.75 Å². The minimum Gasteiger partial charge on any atom is -0.406 e. The van der Waals surface area contributed by atoms with Gasteiger partial charge in [-0.15, -0.1) is 13.2 Å². The summed E-state index contributed by atoms with van der Waals surface area (Å²) in [6.07, 6.45) is -4.80. The molecule has 2 N–H and O–H groups in total. The number of aliphatic hydroxyl groups is 1. The number of carbonyl (C=O) groups excluding carboxylic acids is 1. The lowest BCUT2D eigenvalue weighted by atomic mass is 10.2. The molecule has 0 saturated heterocycles. The van der Waals surface area contributed by atoms with Crippen molar-refractivity contribution in [1.82, 2.24) is 0 Å². The normalized spacial score (nSPS) is 12.3. The largest absolute Gasteiger partial charge is 0.573 e. The van der Waals surface area contributed by atoms with Crippen molar-refractivity contribution in [2.24, 2.45) is 0 Å². The number of halogens is 3. The Morgan fingerprint density at radius 1 is 1.15 bits per heavy atom. The number of amides is 1. The molecule has 0 aliphatic heterocycles. The average Bonchev–Trinajstić information content (AvgIpc) is 2.62. The number of rotatable bonds is 8. The van der Waals surface area contributed by atoms with E-state index in [9.17, 15) is 23.1 Å². The predicted molar refractivity (Wildman–Crippen MR) is 96.7 cm³/mol. The third kappa shape index (κ3) is 7.18. The molecule has 27 heavy (non-hydrogen) atoms. The number of carbonyl (C=O) groups is 1. The summed E-state index contributed by atoms with van der Waals surface area (Å²) in [5, 5.41) is 12.6. The molecule has 0 fully saturated rings. The predicted octanol–water partition coefficient (Wildman–Crippen LogP) is 3.80. The summed E-state index contributed by atoms with van der Waals surface area (Å²) in [6.45, 7) is 2.12. The Morgan fingerprint density at radius 2 is 1.78 bits per heavy atom. The van der Waals surface area contributed by atoms with Crippen molar-refractivity contribution in [2.75, 3.05) is 23.3 Å². The Bertz CT molecular complexity index is 721. The van der Waals surface area contributed by atoms with Crippen LogP contribution in [0.15, 0.2) is 54.6 Å². The molecule has 0 bridgehead atoms. The van der Waals surface area contributed by atoms with Crippen molar-refractivity contribution >= 4 is 17.3 Å². The first-order chi connectivity index (χ1) is 12.8. The number of nitrogens with zero attached hydrogens (tertiary/aromatic N) is 1. The van der Waals surface area contributed by atoms with Crippen LogP contribution in [-0.2, 0) is 4.79 Å². The molecule has 1 atom stereocenters. The third-order valence-corrected chi connectivity index (χ3v) is 3.73. The van der Waals surface area contributed by atoms with E-state index < -0.39 is 12.5 Å². The van der Waals surface area contributed by atoms with Crippen LogP contribution in [0.4, 0.5) is 24.5 Å². The Hall–Kier alpha value is -2.74. The first-order valence-corrected chi connectivity index (χ1v) is 8.40. The van der Waals surface area contributed by atoms with Gasteiger partial charge in [0.05, 0.1) is 12.6 Å². The second-order valence-corrected chi connectivity index (χ2v) is 5.90. The van der Waals surface area contributed by atoms with Crippen LogP contribution < -0.4 is 15.0 Å². The summed E-state index contributed by atoms with van der Waals surface area (Å²) >= 11 is 0. The number of hydrogen-bond donors (Lipinski definition) is 2. The van der Waals surface area contributed by atoms with Crippen LogP contribution in [0.25, 0.3) is 0 Å². The topological polar surface area (TPSA) is 61.8 Å². The summed E-state index contributed by atoms with van der Waals surface area (Å²) in [6, 6.07) is 14.1. The van der Waals surface area contributed by atoms with Gasteiger partial charge in [-0.25, -0.2) is 0 Å². The molecule has 0 heterocycles. The van der Waals surface area contributed by atoms with Crippen LogP contribution in [0.2, 0.25) is 0 Å². The zero-order valence-corrected chi connectivity index (χ0v) is 14.7. The number of benzene rings is 2. The van der Waals surface area contributed by atoms with Crippen LogP contribution in [-0.4, -0.2) is 36.6 Å². The first-order valence-electron chi connectivity index (χ1n) is 8.40. The summed E-state index contributed by atoms with van der Waals surface area (Å²) in [5.74, 6) is -0.718. The van der Waals surface area contributed by atoms with E-state index in [0.717, 1.165) is 17.8 Å². The van der Waals surface area contributed by atoms with Gasteiger partial charge in [-0.1, -0.05) is 25.1 Å². The fourth-order valence-corrected chi connectivity index (χ4v) is 2.40. The fraction of sp³-hybridized carbons (Fsp3) is 0.316. The highest BCUT2D eigenvalue weighted by molar-refractivity contribution is 5.94. The van der Waals surface area contributed by atoms with Crippen LogP contribution in [0.5, 0.6) is 5.75 Å². The van der Waals surface area contributed by atoms with Crippen molar-refractivity contribution in [3.63, 3.8) is 0 Å². The van der Waals surface area contributed by atoms with Gasteiger partial charge in [-0.2, -0.15) is 0 Å². The minimum absolute atomic E-state index is 0.0120. The highest BCUT2D eigenvalue weighted by Gasteiger charge is 2.31. The lowest BCUT2D eigenvalue weighted by Crippen LogP contribution is -2.38. The van der Waals surface area contributed by atoms with Gasteiger partial charge in [0.25, 0.3) is 0 Å². The number of alkyl halides is 3. The molecule has 2 rings (SSSR count). The van der Waals surface area contributed by atoms with E-state index in [-0.39, 0.29) is 24.7 Å². The Kier molecular flexibility index (Phi) is 7.06. The molecule has 1 unspecified atom stereocenters. The number of anilines is 2. The number of ether oxygens (including phenoxy) is 1. The van der Waals surface area contributed by atoms with E-state index >= 15 is 0 Å². The first kappa shape index (κ1) is 20.6. The zero-order valence-electron chi connectivity index (χ0n) is 14.7. The highest BCUT2D eigenvalue weighted by Crippen LogP contribution is 2.24. The molecule has 0 saturated carbocycles. The molecule has 5 nitrogen and oxygen atoms in total. The molecule has 0 spiro atoms. The van der Waals surface area contributed by atoms with Crippen molar-refractivity contribution in [3.8, 4) is 5.75 Å². The highest BCUT2D eigenvalue weighted by atomic mass is 19.4. The monoisotopic (exact) mass is 382 g/mol. The van der Waals surface area contributed by atoms with E-state index in [1.54, 1.807) is 4.90 Å². The van der Waals surface area contributed by atoms with Gasteiger partial charge in [-0.3, -0.25) is 4.79 Å². The van der Waals surface area contributed by atoms with Gasteiger partial charge in [0.15, 0.2) is 0 Å². The molecular formula is C19H21F3N2O3. The average molecular weight is 382 g/mol. The van der Waals surface area contributed by atoms with Gasteiger partial charge in [0, 0.05) is 17.9 Å². The molecule has 0 aliphatic carbocycles. The minimum atomic E-state index is -4.76. The van der Waals surface area contributed by atoms with Crippen molar-refractivity contribution in [1.29, 1.82) is 0 Å². The molecule has 2 aromatic carbocycles. The maximum absolute atomic E-state index is 12.3. The maximum Gasteiger partial charge on any atom is 0.573 e. The summed E-state index contributed by atoms with van der Waals surface area (Å²) in [7, 11) is 0.